The second-order valence-corrected chi connectivity index (χ2v) is 8.26. The van der Waals surface area contributed by atoms with Gasteiger partial charge in [0.05, 0.1) is 0 Å². The van der Waals surface area contributed by atoms with Crippen molar-refractivity contribution >= 4 is 17.9 Å². The molecule has 1 atom stereocenters. The Morgan fingerprint density at radius 3 is 2.42 bits per heavy atom. The van der Waals surface area contributed by atoms with E-state index >= 15 is 0 Å². The lowest BCUT2D eigenvalue weighted by atomic mass is 9.79. The van der Waals surface area contributed by atoms with Gasteiger partial charge in [-0.05, 0) is 40.3 Å². The Hall–Kier alpha value is -2.41. The minimum Gasteiger partial charge on any atom is -0.299 e. The number of ketones is 1. The summed E-state index contributed by atoms with van der Waals surface area (Å²) in [6, 6.07) is 17.3. The Morgan fingerprint density at radius 2 is 1.73 bits per heavy atom. The summed E-state index contributed by atoms with van der Waals surface area (Å²) in [4.78, 5) is 12.3. The summed E-state index contributed by atoms with van der Waals surface area (Å²) in [7, 11) is 0. The molecule has 0 unspecified atom stereocenters. The minimum absolute atomic E-state index is 0.160. The average molecular weight is 344 g/mol. The van der Waals surface area contributed by atoms with E-state index in [-0.39, 0.29) is 11.2 Å². The number of benzene rings is 2. The van der Waals surface area contributed by atoms with Crippen molar-refractivity contribution in [3.05, 3.63) is 82.2 Å². The van der Waals surface area contributed by atoms with Gasteiger partial charge in [0.1, 0.15) is 5.78 Å². The van der Waals surface area contributed by atoms with Crippen LogP contribution in [0.4, 0.5) is 0 Å². The molecule has 1 aliphatic carbocycles. The molecule has 3 rings (SSSR count). The van der Waals surface area contributed by atoms with Gasteiger partial charge in [-0.15, -0.1) is 0 Å². The fourth-order valence-electron chi connectivity index (χ4n) is 3.80. The molecule has 2 aromatic rings. The molecule has 0 fully saturated rings. The van der Waals surface area contributed by atoms with Crippen LogP contribution in [0.15, 0.2) is 60.7 Å². The Labute approximate surface area is 156 Å². The highest BCUT2D eigenvalue weighted by atomic mass is 16.1. The normalized spacial score (nSPS) is 15.7. The third kappa shape index (κ3) is 4.40. The largest absolute Gasteiger partial charge is 0.299 e. The van der Waals surface area contributed by atoms with Gasteiger partial charge in [0.15, 0.2) is 0 Å². The molecule has 0 saturated heterocycles. The van der Waals surface area contributed by atoms with E-state index < -0.39 is 0 Å². The van der Waals surface area contributed by atoms with Gasteiger partial charge in [-0.1, -0.05) is 86.7 Å². The molecule has 2 aromatic carbocycles. The van der Waals surface area contributed by atoms with Crippen LogP contribution in [0.2, 0.25) is 0 Å². The fraction of sp³-hybridized carbons (Fsp3) is 0.320. The molecule has 0 bridgehead atoms. The number of Topliss-reactive ketones (excluding diaryl/α,β-unsaturated/α-hetero) is 1. The SMILES string of the molecule is C=C(C)CC(=O)CC(C)(C)c1ccc2c(c1)=C[C@@H](Cc1ccccc1)C=2. The molecule has 0 aliphatic heterocycles. The number of allylic oxidation sites excluding steroid dienone is 1. The monoisotopic (exact) mass is 344 g/mol. The van der Waals surface area contributed by atoms with Crippen molar-refractivity contribution in [1.29, 1.82) is 0 Å². The van der Waals surface area contributed by atoms with Gasteiger partial charge in [0.25, 0.3) is 0 Å². The standard InChI is InChI=1S/C25H28O/c1-18(2)12-24(26)17-25(3,4)23-11-10-21-14-20(15-22(21)16-23)13-19-8-6-5-7-9-19/h5-11,14-16,20H,1,12-13,17H2,2-4H3/t20-/m0/s1. The highest BCUT2D eigenvalue weighted by Crippen LogP contribution is 2.27. The maximum absolute atomic E-state index is 12.3. The number of fused-ring (bicyclic) bond motifs is 1. The van der Waals surface area contributed by atoms with Gasteiger partial charge < -0.3 is 0 Å². The minimum atomic E-state index is -0.160. The van der Waals surface area contributed by atoms with E-state index in [9.17, 15) is 4.79 Å². The van der Waals surface area contributed by atoms with Crippen LogP contribution < -0.4 is 10.4 Å². The maximum atomic E-state index is 12.3. The van der Waals surface area contributed by atoms with Gasteiger partial charge in [-0.25, -0.2) is 0 Å². The second kappa shape index (κ2) is 7.45. The van der Waals surface area contributed by atoms with Gasteiger partial charge in [0.2, 0.25) is 0 Å². The van der Waals surface area contributed by atoms with E-state index in [0.717, 1.165) is 12.0 Å². The molecule has 0 N–H and O–H groups in total. The zero-order valence-electron chi connectivity index (χ0n) is 16.1. The molecule has 26 heavy (non-hydrogen) atoms. The van der Waals surface area contributed by atoms with E-state index in [1.807, 2.05) is 6.92 Å². The topological polar surface area (TPSA) is 17.1 Å². The van der Waals surface area contributed by atoms with Crippen LogP contribution in [0.25, 0.3) is 12.2 Å². The summed E-state index contributed by atoms with van der Waals surface area (Å²) < 4.78 is 0. The third-order valence-electron chi connectivity index (χ3n) is 5.11. The molecule has 134 valence electrons. The lowest BCUT2D eigenvalue weighted by Gasteiger charge is -2.24. The summed E-state index contributed by atoms with van der Waals surface area (Å²) in [6.45, 7) is 10.1. The van der Waals surface area contributed by atoms with Crippen molar-refractivity contribution in [2.45, 2.75) is 45.4 Å². The fourth-order valence-corrected chi connectivity index (χ4v) is 3.80. The summed E-state index contributed by atoms with van der Waals surface area (Å²) in [5, 5.41) is 2.60. The van der Waals surface area contributed by atoms with Crippen molar-refractivity contribution in [1.82, 2.24) is 0 Å². The molecule has 0 saturated carbocycles. The van der Waals surface area contributed by atoms with E-state index in [1.54, 1.807) is 0 Å². The first-order valence-electron chi connectivity index (χ1n) is 9.38. The van der Waals surface area contributed by atoms with Crippen LogP contribution in [0.3, 0.4) is 0 Å². The molecule has 0 radical (unpaired) electrons. The van der Waals surface area contributed by atoms with Crippen LogP contribution in [-0.2, 0) is 16.6 Å². The van der Waals surface area contributed by atoms with Crippen LogP contribution in [0.5, 0.6) is 0 Å². The van der Waals surface area contributed by atoms with Crippen molar-refractivity contribution in [2.75, 3.05) is 0 Å². The Morgan fingerprint density at radius 1 is 1.04 bits per heavy atom. The molecule has 1 heteroatoms. The average Bonchev–Trinajstić information content (AvgIpc) is 2.95. The van der Waals surface area contributed by atoms with E-state index in [2.05, 4.69) is 81.1 Å². The number of carbonyl (C=O) groups is 1. The molecular weight excluding hydrogens is 316 g/mol. The third-order valence-corrected chi connectivity index (χ3v) is 5.11. The predicted octanol–water partition coefficient (Wildman–Crippen LogP) is 4.32. The highest BCUT2D eigenvalue weighted by molar-refractivity contribution is 5.82. The lowest BCUT2D eigenvalue weighted by Crippen LogP contribution is -2.28. The lowest BCUT2D eigenvalue weighted by molar-refractivity contribution is -0.119. The van der Waals surface area contributed by atoms with Crippen molar-refractivity contribution in [3.8, 4) is 0 Å². The predicted molar refractivity (Wildman–Crippen MR) is 110 cm³/mol. The van der Waals surface area contributed by atoms with Gasteiger partial charge in [-0.2, -0.15) is 0 Å². The summed E-state index contributed by atoms with van der Waals surface area (Å²) >= 11 is 0. The highest BCUT2D eigenvalue weighted by Gasteiger charge is 2.24. The zero-order valence-corrected chi connectivity index (χ0v) is 16.1. The quantitative estimate of drug-likeness (QED) is 0.684. The van der Waals surface area contributed by atoms with Crippen LogP contribution in [0.1, 0.15) is 44.7 Å². The number of hydrogen-bond acceptors (Lipinski definition) is 1. The van der Waals surface area contributed by atoms with Crippen LogP contribution >= 0.6 is 0 Å². The summed E-state index contributed by atoms with van der Waals surface area (Å²) in [5.74, 6) is 0.705. The van der Waals surface area contributed by atoms with Crippen molar-refractivity contribution in [2.24, 2.45) is 5.92 Å². The molecular formula is C25H28O. The molecule has 1 nitrogen and oxygen atoms in total. The van der Waals surface area contributed by atoms with Crippen LogP contribution in [-0.4, -0.2) is 5.78 Å². The summed E-state index contributed by atoms with van der Waals surface area (Å²) in [5.41, 5.74) is 3.37. The zero-order chi connectivity index (χ0) is 18.7. The molecule has 0 amide bonds. The number of hydrogen-bond donors (Lipinski definition) is 0. The second-order valence-electron chi connectivity index (χ2n) is 8.26. The van der Waals surface area contributed by atoms with Gasteiger partial charge in [0, 0.05) is 18.8 Å². The van der Waals surface area contributed by atoms with Gasteiger partial charge in [-0.3, -0.25) is 4.79 Å². The summed E-state index contributed by atoms with van der Waals surface area (Å²) in [6.07, 6.45) is 6.78. The number of rotatable bonds is 7. The van der Waals surface area contributed by atoms with Crippen LogP contribution in [0, 0.1) is 5.92 Å². The Bertz CT molecular complexity index is 932. The molecule has 0 aromatic heterocycles. The first-order chi connectivity index (χ1) is 12.3. The Balaban J connectivity index is 1.79. The van der Waals surface area contributed by atoms with Crippen molar-refractivity contribution < 1.29 is 4.79 Å². The maximum Gasteiger partial charge on any atom is 0.137 e. The van der Waals surface area contributed by atoms with Crippen molar-refractivity contribution in [3.63, 3.8) is 0 Å². The molecule has 0 spiro atoms. The molecule has 0 heterocycles. The molecule has 1 aliphatic rings. The smallest absolute Gasteiger partial charge is 0.137 e. The van der Waals surface area contributed by atoms with Gasteiger partial charge >= 0.3 is 0 Å². The number of carbonyl (C=O) groups excluding carboxylic acids is 1. The first-order valence-corrected chi connectivity index (χ1v) is 9.38. The van der Waals surface area contributed by atoms with E-state index in [1.165, 1.54) is 21.6 Å². The van der Waals surface area contributed by atoms with E-state index in [4.69, 9.17) is 0 Å². The Kier molecular flexibility index (Phi) is 5.27. The van der Waals surface area contributed by atoms with E-state index in [0.29, 0.717) is 18.8 Å². The first kappa shape index (κ1) is 18.4.